The topological polar surface area (TPSA) is 0 Å². The summed E-state index contributed by atoms with van der Waals surface area (Å²) in [6.07, 6.45) is 0. The van der Waals surface area contributed by atoms with Crippen molar-refractivity contribution >= 4 is 32.3 Å². The minimum atomic E-state index is 1.21. The van der Waals surface area contributed by atoms with Gasteiger partial charge in [-0.1, -0.05) is 218 Å². The zero-order chi connectivity index (χ0) is 35.8. The molecule has 0 heteroatoms. The van der Waals surface area contributed by atoms with E-state index in [4.69, 9.17) is 0 Å². The van der Waals surface area contributed by atoms with Crippen LogP contribution >= 0.6 is 0 Å². The molecule has 0 unspecified atom stereocenters. The van der Waals surface area contributed by atoms with Crippen LogP contribution in [0.1, 0.15) is 0 Å². The second-order valence-corrected chi connectivity index (χ2v) is 13.9. The van der Waals surface area contributed by atoms with Gasteiger partial charge >= 0.3 is 0 Å². The van der Waals surface area contributed by atoms with Crippen LogP contribution in [0.4, 0.5) is 0 Å². The number of benzene rings is 10. The zero-order valence-corrected chi connectivity index (χ0v) is 29.8. The summed E-state index contributed by atoms with van der Waals surface area (Å²) in [5, 5.41) is 7.58. The molecule has 0 saturated heterocycles. The van der Waals surface area contributed by atoms with E-state index in [2.05, 4.69) is 218 Å². The highest BCUT2D eigenvalue weighted by Gasteiger charge is 2.21. The Bertz CT molecular complexity index is 2970. The molecule has 0 atom stereocenters. The summed E-state index contributed by atoms with van der Waals surface area (Å²) in [4.78, 5) is 0. The monoisotopic (exact) mass is 684 g/mol. The third-order valence-corrected chi connectivity index (χ3v) is 10.9. The molecule has 0 bridgehead atoms. The Balaban J connectivity index is 1.30. The van der Waals surface area contributed by atoms with E-state index >= 15 is 0 Å². The van der Waals surface area contributed by atoms with Gasteiger partial charge in [0, 0.05) is 0 Å². The van der Waals surface area contributed by atoms with E-state index in [1.54, 1.807) is 0 Å². The van der Waals surface area contributed by atoms with Crippen LogP contribution in [-0.4, -0.2) is 0 Å². The van der Waals surface area contributed by atoms with E-state index in [0.717, 1.165) is 0 Å². The van der Waals surface area contributed by atoms with Crippen LogP contribution in [0.2, 0.25) is 0 Å². The molecule has 0 aliphatic heterocycles. The number of hydrogen-bond acceptors (Lipinski definition) is 0. The van der Waals surface area contributed by atoms with Gasteiger partial charge in [-0.2, -0.15) is 0 Å². The van der Waals surface area contributed by atoms with Gasteiger partial charge < -0.3 is 0 Å². The molecule has 0 saturated carbocycles. The quantitative estimate of drug-likeness (QED) is 0.153. The van der Waals surface area contributed by atoms with Crippen molar-refractivity contribution in [3.63, 3.8) is 0 Å². The maximum absolute atomic E-state index is 2.37. The van der Waals surface area contributed by atoms with Crippen molar-refractivity contribution in [1.29, 1.82) is 0 Å². The van der Waals surface area contributed by atoms with Crippen LogP contribution in [0.3, 0.4) is 0 Å². The maximum Gasteiger partial charge on any atom is -0.00201 e. The standard InChI is InChI=1S/C54H36/c1-3-17-37(18-4-1)40-23-9-11-25-43(40)45-27-13-14-29-47(45)52-36-34-50-49-32-31-39-21-7-8-22-42(39)48(49)33-35-53(50)54(52)51-30-16-15-28-46(51)44-26-12-10-24-41(44)38-19-5-2-6-20-38/h1-36H. The molecule has 0 N–H and O–H groups in total. The SMILES string of the molecule is c1ccc(-c2ccccc2-c2ccccc2-c2ccc3c(ccc4c5ccccc5ccc34)c2-c2ccccc2-c2ccccc2-c2ccccc2)cc1. The smallest absolute Gasteiger partial charge is 0.00201 e. The molecule has 0 nitrogen and oxygen atoms in total. The van der Waals surface area contributed by atoms with E-state index < -0.39 is 0 Å². The average molecular weight is 685 g/mol. The maximum atomic E-state index is 2.37. The van der Waals surface area contributed by atoms with Gasteiger partial charge in [-0.15, -0.1) is 0 Å². The molecule has 0 spiro atoms. The van der Waals surface area contributed by atoms with Crippen LogP contribution in [0.5, 0.6) is 0 Å². The molecule has 0 aromatic heterocycles. The van der Waals surface area contributed by atoms with Crippen LogP contribution in [0.25, 0.3) is 99.1 Å². The molecule has 252 valence electrons. The van der Waals surface area contributed by atoms with Gasteiger partial charge in [-0.25, -0.2) is 0 Å². The lowest BCUT2D eigenvalue weighted by molar-refractivity contribution is 1.55. The summed E-state index contributed by atoms with van der Waals surface area (Å²) < 4.78 is 0. The molecule has 0 heterocycles. The molecular weight excluding hydrogens is 649 g/mol. The first kappa shape index (κ1) is 31.7. The Labute approximate surface area is 316 Å². The minimum Gasteiger partial charge on any atom is -0.0622 e. The lowest BCUT2D eigenvalue weighted by atomic mass is 9.81. The largest absolute Gasteiger partial charge is 0.0622 e. The molecule has 0 aliphatic rings. The third kappa shape index (κ3) is 5.40. The Kier molecular flexibility index (Phi) is 7.93. The predicted octanol–water partition coefficient (Wildman–Crippen LogP) is 15.1. The van der Waals surface area contributed by atoms with Crippen molar-refractivity contribution in [2.45, 2.75) is 0 Å². The molecule has 54 heavy (non-hydrogen) atoms. The fourth-order valence-electron chi connectivity index (χ4n) is 8.48. The van der Waals surface area contributed by atoms with Gasteiger partial charge in [-0.3, -0.25) is 0 Å². The van der Waals surface area contributed by atoms with Gasteiger partial charge in [0.05, 0.1) is 0 Å². The molecule has 0 amide bonds. The van der Waals surface area contributed by atoms with Crippen LogP contribution < -0.4 is 0 Å². The normalized spacial score (nSPS) is 11.3. The van der Waals surface area contributed by atoms with E-state index in [-0.39, 0.29) is 0 Å². The van der Waals surface area contributed by atoms with E-state index in [1.165, 1.54) is 99.1 Å². The van der Waals surface area contributed by atoms with Crippen molar-refractivity contribution in [2.24, 2.45) is 0 Å². The van der Waals surface area contributed by atoms with Gasteiger partial charge in [0.2, 0.25) is 0 Å². The van der Waals surface area contributed by atoms with Crippen LogP contribution in [0, 0.1) is 0 Å². The third-order valence-electron chi connectivity index (χ3n) is 10.9. The van der Waals surface area contributed by atoms with Crippen molar-refractivity contribution < 1.29 is 0 Å². The fourth-order valence-corrected chi connectivity index (χ4v) is 8.48. The molecule has 10 aromatic rings. The highest BCUT2D eigenvalue weighted by Crippen LogP contribution is 2.48. The summed E-state index contributed by atoms with van der Waals surface area (Å²) in [5.74, 6) is 0. The number of rotatable bonds is 6. The molecule has 0 radical (unpaired) electrons. The van der Waals surface area contributed by atoms with Gasteiger partial charge in [0.25, 0.3) is 0 Å². The summed E-state index contributed by atoms with van der Waals surface area (Å²) >= 11 is 0. The first-order valence-electron chi connectivity index (χ1n) is 18.7. The van der Waals surface area contributed by atoms with Crippen LogP contribution in [0.15, 0.2) is 218 Å². The van der Waals surface area contributed by atoms with Crippen molar-refractivity contribution in [3.8, 4) is 66.8 Å². The van der Waals surface area contributed by atoms with E-state index in [0.29, 0.717) is 0 Å². The zero-order valence-electron chi connectivity index (χ0n) is 29.8. The number of fused-ring (bicyclic) bond motifs is 5. The molecule has 0 fully saturated rings. The average Bonchev–Trinajstić information content (AvgIpc) is 3.26. The molecule has 10 aromatic carbocycles. The lowest BCUT2D eigenvalue weighted by Gasteiger charge is -2.22. The summed E-state index contributed by atoms with van der Waals surface area (Å²) in [6, 6.07) is 79.8. The Morgan fingerprint density at radius 2 is 0.519 bits per heavy atom. The molecule has 0 aliphatic carbocycles. The summed E-state index contributed by atoms with van der Waals surface area (Å²) in [7, 11) is 0. The fraction of sp³-hybridized carbons (Fsp3) is 0. The van der Waals surface area contributed by atoms with Crippen molar-refractivity contribution in [3.05, 3.63) is 218 Å². The molecular formula is C54H36. The first-order valence-corrected chi connectivity index (χ1v) is 18.7. The predicted molar refractivity (Wildman–Crippen MR) is 232 cm³/mol. The number of hydrogen-bond donors (Lipinski definition) is 0. The van der Waals surface area contributed by atoms with Gasteiger partial charge in [0.15, 0.2) is 0 Å². The van der Waals surface area contributed by atoms with Crippen molar-refractivity contribution in [2.75, 3.05) is 0 Å². The first-order chi connectivity index (χ1) is 26.8. The Morgan fingerprint density at radius 1 is 0.167 bits per heavy atom. The molecule has 10 rings (SSSR count). The second-order valence-electron chi connectivity index (χ2n) is 13.9. The summed E-state index contributed by atoms with van der Waals surface area (Å²) in [5.41, 5.74) is 14.6. The van der Waals surface area contributed by atoms with Crippen LogP contribution in [-0.2, 0) is 0 Å². The second kappa shape index (κ2) is 13.5. The lowest BCUT2D eigenvalue weighted by Crippen LogP contribution is -1.95. The minimum absolute atomic E-state index is 1.21. The summed E-state index contributed by atoms with van der Waals surface area (Å²) in [6.45, 7) is 0. The van der Waals surface area contributed by atoms with Gasteiger partial charge in [0.1, 0.15) is 0 Å². The van der Waals surface area contributed by atoms with E-state index in [1.807, 2.05) is 0 Å². The Hall–Kier alpha value is -7.02. The van der Waals surface area contributed by atoms with Crippen molar-refractivity contribution in [1.82, 2.24) is 0 Å². The Morgan fingerprint density at radius 3 is 1.11 bits per heavy atom. The van der Waals surface area contributed by atoms with E-state index in [9.17, 15) is 0 Å². The van der Waals surface area contributed by atoms with Gasteiger partial charge in [-0.05, 0) is 99.1 Å². The highest BCUT2D eigenvalue weighted by atomic mass is 14.2. The highest BCUT2D eigenvalue weighted by molar-refractivity contribution is 6.21.